The lowest BCUT2D eigenvalue weighted by Gasteiger charge is -2.23. The van der Waals surface area contributed by atoms with Crippen LogP contribution in [-0.4, -0.2) is 25.1 Å². The SMILES string of the molecule is NC(=O)c1ccc(COC2CCNCC2)c(F)c1. The van der Waals surface area contributed by atoms with Crippen LogP contribution in [0.4, 0.5) is 4.39 Å². The van der Waals surface area contributed by atoms with Gasteiger partial charge < -0.3 is 15.8 Å². The Labute approximate surface area is 105 Å². The molecule has 0 unspecified atom stereocenters. The third-order valence-corrected chi connectivity index (χ3v) is 3.10. The van der Waals surface area contributed by atoms with Gasteiger partial charge in [-0.05, 0) is 38.1 Å². The van der Waals surface area contributed by atoms with Gasteiger partial charge in [0.15, 0.2) is 0 Å². The van der Waals surface area contributed by atoms with Crippen molar-refractivity contribution < 1.29 is 13.9 Å². The molecule has 1 amide bonds. The van der Waals surface area contributed by atoms with Gasteiger partial charge in [-0.3, -0.25) is 4.79 Å². The van der Waals surface area contributed by atoms with Crippen molar-refractivity contribution >= 4 is 5.91 Å². The molecular formula is C13H17FN2O2. The summed E-state index contributed by atoms with van der Waals surface area (Å²) in [6.45, 7) is 2.11. The van der Waals surface area contributed by atoms with E-state index >= 15 is 0 Å². The van der Waals surface area contributed by atoms with Crippen molar-refractivity contribution in [2.24, 2.45) is 5.73 Å². The van der Waals surface area contributed by atoms with Gasteiger partial charge in [0.2, 0.25) is 5.91 Å². The standard InChI is InChI=1S/C13H17FN2O2/c14-12-7-9(13(15)17)1-2-10(12)8-18-11-3-5-16-6-4-11/h1-2,7,11,16H,3-6,8H2,(H2,15,17). The third kappa shape index (κ3) is 3.27. The predicted molar refractivity (Wildman–Crippen MR) is 65.6 cm³/mol. The number of carbonyl (C=O) groups excluding carboxylic acids is 1. The maximum atomic E-state index is 13.7. The van der Waals surface area contributed by atoms with Gasteiger partial charge in [0.1, 0.15) is 5.82 Å². The number of carbonyl (C=O) groups is 1. The first kappa shape index (κ1) is 13.0. The quantitative estimate of drug-likeness (QED) is 0.846. The van der Waals surface area contributed by atoms with Gasteiger partial charge in [-0.25, -0.2) is 4.39 Å². The summed E-state index contributed by atoms with van der Waals surface area (Å²) in [6, 6.07) is 4.23. The van der Waals surface area contributed by atoms with E-state index in [1.54, 1.807) is 6.07 Å². The molecule has 18 heavy (non-hydrogen) atoms. The number of halogens is 1. The molecule has 1 saturated heterocycles. The Kier molecular flexibility index (Phi) is 4.28. The van der Waals surface area contributed by atoms with Gasteiger partial charge >= 0.3 is 0 Å². The summed E-state index contributed by atoms with van der Waals surface area (Å²) >= 11 is 0. The molecule has 0 aliphatic carbocycles. The fraction of sp³-hybridized carbons (Fsp3) is 0.462. The number of hydrogen-bond acceptors (Lipinski definition) is 3. The molecule has 1 aromatic carbocycles. The van der Waals surface area contributed by atoms with E-state index in [2.05, 4.69) is 5.32 Å². The van der Waals surface area contributed by atoms with Crippen LogP contribution < -0.4 is 11.1 Å². The van der Waals surface area contributed by atoms with Crippen LogP contribution in [-0.2, 0) is 11.3 Å². The van der Waals surface area contributed by atoms with Gasteiger partial charge in [0.25, 0.3) is 0 Å². The molecule has 1 aliphatic heterocycles. The van der Waals surface area contributed by atoms with Crippen LogP contribution in [0.2, 0.25) is 0 Å². The number of primary amides is 1. The van der Waals surface area contributed by atoms with Crippen LogP contribution in [0.1, 0.15) is 28.8 Å². The normalized spacial score (nSPS) is 16.7. The van der Waals surface area contributed by atoms with Crippen molar-refractivity contribution in [1.29, 1.82) is 0 Å². The number of amides is 1. The van der Waals surface area contributed by atoms with Crippen LogP contribution in [0.25, 0.3) is 0 Å². The number of nitrogens with one attached hydrogen (secondary N) is 1. The smallest absolute Gasteiger partial charge is 0.248 e. The molecule has 1 aromatic rings. The molecule has 5 heteroatoms. The van der Waals surface area contributed by atoms with E-state index in [0.29, 0.717) is 5.56 Å². The largest absolute Gasteiger partial charge is 0.373 e. The minimum Gasteiger partial charge on any atom is -0.373 e. The molecule has 0 aromatic heterocycles. The lowest BCUT2D eigenvalue weighted by Crippen LogP contribution is -2.32. The molecule has 0 saturated carbocycles. The van der Waals surface area contributed by atoms with Crippen LogP contribution >= 0.6 is 0 Å². The fourth-order valence-electron chi connectivity index (χ4n) is 1.99. The molecule has 98 valence electrons. The summed E-state index contributed by atoms with van der Waals surface area (Å²) in [6.07, 6.45) is 2.07. The number of rotatable bonds is 4. The van der Waals surface area contributed by atoms with Gasteiger partial charge in [0.05, 0.1) is 12.7 Å². The topological polar surface area (TPSA) is 64.4 Å². The van der Waals surface area contributed by atoms with Gasteiger partial charge in [-0.15, -0.1) is 0 Å². The zero-order valence-corrected chi connectivity index (χ0v) is 10.1. The van der Waals surface area contributed by atoms with Crippen molar-refractivity contribution in [3.63, 3.8) is 0 Å². The van der Waals surface area contributed by atoms with E-state index in [1.807, 2.05) is 0 Å². The Morgan fingerprint density at radius 3 is 2.78 bits per heavy atom. The lowest BCUT2D eigenvalue weighted by atomic mass is 10.1. The number of hydrogen-bond donors (Lipinski definition) is 2. The highest BCUT2D eigenvalue weighted by atomic mass is 19.1. The molecule has 1 aliphatic rings. The maximum absolute atomic E-state index is 13.7. The van der Waals surface area contributed by atoms with Crippen LogP contribution in [0.5, 0.6) is 0 Å². The number of piperidine rings is 1. The van der Waals surface area contributed by atoms with E-state index in [0.717, 1.165) is 32.0 Å². The number of nitrogens with two attached hydrogens (primary N) is 1. The second-order valence-corrected chi connectivity index (χ2v) is 4.43. The monoisotopic (exact) mass is 252 g/mol. The van der Waals surface area contributed by atoms with E-state index in [1.165, 1.54) is 6.07 Å². The number of benzene rings is 1. The molecule has 0 bridgehead atoms. The molecule has 0 spiro atoms. The third-order valence-electron chi connectivity index (χ3n) is 3.10. The lowest BCUT2D eigenvalue weighted by molar-refractivity contribution is 0.0199. The van der Waals surface area contributed by atoms with E-state index in [4.69, 9.17) is 10.5 Å². The fourth-order valence-corrected chi connectivity index (χ4v) is 1.99. The average Bonchev–Trinajstić information content (AvgIpc) is 2.38. The first-order valence-electron chi connectivity index (χ1n) is 6.07. The van der Waals surface area contributed by atoms with Crippen LogP contribution in [0.3, 0.4) is 0 Å². The first-order valence-corrected chi connectivity index (χ1v) is 6.07. The zero-order chi connectivity index (χ0) is 13.0. The van der Waals surface area contributed by atoms with Crippen molar-refractivity contribution in [2.45, 2.75) is 25.6 Å². The van der Waals surface area contributed by atoms with Crippen LogP contribution in [0.15, 0.2) is 18.2 Å². The second kappa shape index (κ2) is 5.93. The van der Waals surface area contributed by atoms with Crippen LogP contribution in [0, 0.1) is 5.82 Å². The van der Waals surface area contributed by atoms with E-state index in [-0.39, 0.29) is 18.3 Å². The molecule has 4 nitrogen and oxygen atoms in total. The Balaban J connectivity index is 1.94. The zero-order valence-electron chi connectivity index (χ0n) is 10.1. The highest BCUT2D eigenvalue weighted by Crippen LogP contribution is 2.15. The first-order chi connectivity index (χ1) is 8.66. The van der Waals surface area contributed by atoms with Crippen molar-refractivity contribution in [3.8, 4) is 0 Å². The summed E-state index contributed by atoms with van der Waals surface area (Å²) in [5.74, 6) is -1.07. The highest BCUT2D eigenvalue weighted by molar-refractivity contribution is 5.92. The highest BCUT2D eigenvalue weighted by Gasteiger charge is 2.14. The van der Waals surface area contributed by atoms with Crippen molar-refractivity contribution in [2.75, 3.05) is 13.1 Å². The molecular weight excluding hydrogens is 235 g/mol. The predicted octanol–water partition coefficient (Wildman–Crippen LogP) is 1.19. The molecule has 2 rings (SSSR count). The van der Waals surface area contributed by atoms with E-state index in [9.17, 15) is 9.18 Å². The van der Waals surface area contributed by atoms with Gasteiger partial charge in [0, 0.05) is 11.1 Å². The number of ether oxygens (including phenoxy) is 1. The second-order valence-electron chi connectivity index (χ2n) is 4.43. The minimum atomic E-state index is -0.625. The average molecular weight is 252 g/mol. The summed E-state index contributed by atoms with van der Waals surface area (Å²) in [5.41, 5.74) is 5.72. The molecule has 1 heterocycles. The molecule has 0 radical (unpaired) electrons. The summed E-state index contributed by atoms with van der Waals surface area (Å²) in [7, 11) is 0. The Bertz CT molecular complexity index is 431. The summed E-state index contributed by atoms with van der Waals surface area (Å²) in [4.78, 5) is 10.9. The van der Waals surface area contributed by atoms with Gasteiger partial charge in [-0.2, -0.15) is 0 Å². The maximum Gasteiger partial charge on any atom is 0.248 e. The molecule has 3 N–H and O–H groups in total. The van der Waals surface area contributed by atoms with Crippen molar-refractivity contribution in [3.05, 3.63) is 35.1 Å². The van der Waals surface area contributed by atoms with Gasteiger partial charge in [-0.1, -0.05) is 6.07 Å². The van der Waals surface area contributed by atoms with E-state index < -0.39 is 11.7 Å². The molecule has 0 atom stereocenters. The minimum absolute atomic E-state index is 0.179. The molecule has 1 fully saturated rings. The Hall–Kier alpha value is -1.46. The Morgan fingerprint density at radius 2 is 2.17 bits per heavy atom. The Morgan fingerprint density at radius 1 is 1.44 bits per heavy atom. The summed E-state index contributed by atoms with van der Waals surface area (Å²) in [5, 5.41) is 3.24. The summed E-state index contributed by atoms with van der Waals surface area (Å²) < 4.78 is 19.3. The van der Waals surface area contributed by atoms with Crippen molar-refractivity contribution in [1.82, 2.24) is 5.32 Å².